The Morgan fingerprint density at radius 2 is 2.04 bits per heavy atom. The average Bonchev–Trinajstić information content (AvgIpc) is 3.12. The van der Waals surface area contributed by atoms with Crippen molar-refractivity contribution in [3.8, 4) is 0 Å². The summed E-state index contributed by atoms with van der Waals surface area (Å²) >= 11 is 1.77. The van der Waals surface area contributed by atoms with E-state index in [-0.39, 0.29) is 36.4 Å². The van der Waals surface area contributed by atoms with E-state index in [9.17, 15) is 4.79 Å². The second kappa shape index (κ2) is 13.3. The van der Waals surface area contributed by atoms with Crippen molar-refractivity contribution in [1.82, 2.24) is 20.5 Å². The molecule has 154 valence electrons. The maximum absolute atomic E-state index is 11.8. The Balaban J connectivity index is 0.00000364. The molecule has 27 heavy (non-hydrogen) atoms. The summed E-state index contributed by atoms with van der Waals surface area (Å²) in [5.74, 6) is 1.46. The number of carbonyl (C=O) groups is 1. The number of nitrogens with zero attached hydrogens (tertiary/aromatic N) is 3. The second-order valence-electron chi connectivity index (χ2n) is 7.09. The minimum absolute atomic E-state index is 0. The summed E-state index contributed by atoms with van der Waals surface area (Å²) in [6.07, 6.45) is 10.5. The number of rotatable bonds is 8. The largest absolute Gasteiger partial charge is 0.356 e. The number of likely N-dealkylation sites (N-methyl/N-ethyl adjacent to an activating group) is 1. The molecule has 8 heteroatoms. The zero-order valence-electron chi connectivity index (χ0n) is 16.8. The van der Waals surface area contributed by atoms with Crippen molar-refractivity contribution in [2.75, 3.05) is 33.7 Å². The van der Waals surface area contributed by atoms with Crippen molar-refractivity contribution in [3.63, 3.8) is 0 Å². The Labute approximate surface area is 184 Å². The third kappa shape index (κ3) is 9.23. The Morgan fingerprint density at radius 1 is 1.30 bits per heavy atom. The Bertz CT molecular complexity index is 584. The van der Waals surface area contributed by atoms with Gasteiger partial charge in [0.2, 0.25) is 5.91 Å². The molecule has 6 nitrogen and oxygen atoms in total. The van der Waals surface area contributed by atoms with Gasteiger partial charge in [0.15, 0.2) is 5.96 Å². The van der Waals surface area contributed by atoms with Gasteiger partial charge in [0.25, 0.3) is 0 Å². The fourth-order valence-electron chi connectivity index (χ4n) is 3.01. The highest BCUT2D eigenvalue weighted by Crippen LogP contribution is 2.22. The zero-order chi connectivity index (χ0) is 18.8. The van der Waals surface area contributed by atoms with Crippen molar-refractivity contribution in [1.29, 1.82) is 0 Å². The molecule has 2 rings (SSSR count). The number of nitrogens with one attached hydrogen (secondary N) is 2. The van der Waals surface area contributed by atoms with Crippen LogP contribution in [0.15, 0.2) is 11.2 Å². The Kier molecular flexibility index (Phi) is 11.9. The van der Waals surface area contributed by atoms with E-state index in [1.807, 2.05) is 6.20 Å². The van der Waals surface area contributed by atoms with Gasteiger partial charge < -0.3 is 15.5 Å². The van der Waals surface area contributed by atoms with Crippen molar-refractivity contribution in [2.45, 2.75) is 51.9 Å². The highest BCUT2D eigenvalue weighted by Gasteiger charge is 2.14. The molecule has 0 aromatic carbocycles. The number of hydrogen-bond donors (Lipinski definition) is 2. The number of carbonyl (C=O) groups excluding carboxylic acids is 1. The standard InChI is InChI=1S/C19H33N5OS.HI/c1-4-16-13-21-17(26-16)10-11-20-19(23-14-18(25)24(2)3)22-12-15-8-6-5-7-9-15;/h13,15H,4-12,14H2,1-3H3,(H2,20,22,23);1H. The van der Waals surface area contributed by atoms with Crippen LogP contribution in [0.1, 0.15) is 48.9 Å². The summed E-state index contributed by atoms with van der Waals surface area (Å²) < 4.78 is 0. The summed E-state index contributed by atoms with van der Waals surface area (Å²) in [6.45, 7) is 4.02. The van der Waals surface area contributed by atoms with Gasteiger partial charge in [0.05, 0.1) is 5.01 Å². The molecule has 0 unspecified atom stereocenters. The molecule has 1 heterocycles. The van der Waals surface area contributed by atoms with Crippen LogP contribution in [0.4, 0.5) is 0 Å². The van der Waals surface area contributed by atoms with E-state index in [1.165, 1.54) is 37.0 Å². The molecule has 1 fully saturated rings. The second-order valence-corrected chi connectivity index (χ2v) is 8.29. The Hall–Kier alpha value is -0.900. The van der Waals surface area contributed by atoms with Gasteiger partial charge in [-0.2, -0.15) is 0 Å². The quantitative estimate of drug-likeness (QED) is 0.323. The molecule has 0 aliphatic heterocycles. The smallest absolute Gasteiger partial charge is 0.243 e. The topological polar surface area (TPSA) is 69.6 Å². The van der Waals surface area contributed by atoms with E-state index in [0.29, 0.717) is 5.92 Å². The van der Waals surface area contributed by atoms with E-state index in [2.05, 4.69) is 27.5 Å². The van der Waals surface area contributed by atoms with Gasteiger partial charge >= 0.3 is 0 Å². The molecular formula is C19H34IN5OS. The maximum atomic E-state index is 11.8. The highest BCUT2D eigenvalue weighted by atomic mass is 127. The number of hydrogen-bond acceptors (Lipinski definition) is 4. The van der Waals surface area contributed by atoms with Gasteiger partial charge in [-0.25, -0.2) is 9.98 Å². The summed E-state index contributed by atoms with van der Waals surface area (Å²) in [7, 11) is 3.52. The molecule has 0 atom stereocenters. The van der Waals surface area contributed by atoms with Crippen LogP contribution in [0.5, 0.6) is 0 Å². The highest BCUT2D eigenvalue weighted by molar-refractivity contribution is 14.0. The first-order chi connectivity index (χ1) is 12.6. The van der Waals surface area contributed by atoms with E-state index in [1.54, 1.807) is 30.3 Å². The van der Waals surface area contributed by atoms with Crippen LogP contribution in [-0.4, -0.2) is 55.5 Å². The summed E-state index contributed by atoms with van der Waals surface area (Å²) in [5, 5.41) is 7.95. The lowest BCUT2D eigenvalue weighted by Crippen LogP contribution is -2.41. The SMILES string of the molecule is CCc1cnc(CCNC(=NCC(=O)N(C)C)NCC2CCCCC2)s1.I. The number of thiazole rings is 1. The predicted molar refractivity (Wildman–Crippen MR) is 124 cm³/mol. The average molecular weight is 507 g/mol. The van der Waals surface area contributed by atoms with Gasteiger partial charge in [-0.1, -0.05) is 26.2 Å². The third-order valence-corrected chi connectivity index (χ3v) is 5.94. The molecule has 1 aliphatic carbocycles. The first kappa shape index (κ1) is 24.1. The van der Waals surface area contributed by atoms with Crippen LogP contribution in [0.25, 0.3) is 0 Å². The number of aromatic nitrogens is 1. The molecular weight excluding hydrogens is 473 g/mol. The van der Waals surface area contributed by atoms with Crippen LogP contribution >= 0.6 is 35.3 Å². The number of halogens is 1. The van der Waals surface area contributed by atoms with Gasteiger partial charge in [-0.15, -0.1) is 35.3 Å². The molecule has 0 radical (unpaired) electrons. The molecule has 1 aromatic heterocycles. The van der Waals surface area contributed by atoms with E-state index >= 15 is 0 Å². The lowest BCUT2D eigenvalue weighted by atomic mass is 9.89. The van der Waals surface area contributed by atoms with Crippen molar-refractivity contribution in [2.24, 2.45) is 10.9 Å². The van der Waals surface area contributed by atoms with Gasteiger partial charge in [0, 0.05) is 44.7 Å². The number of guanidine groups is 1. The molecule has 1 aliphatic rings. The molecule has 0 spiro atoms. The van der Waals surface area contributed by atoms with Crippen molar-refractivity contribution >= 4 is 47.2 Å². The lowest BCUT2D eigenvalue weighted by molar-refractivity contribution is -0.127. The van der Waals surface area contributed by atoms with Crippen molar-refractivity contribution in [3.05, 3.63) is 16.1 Å². The van der Waals surface area contributed by atoms with Gasteiger partial charge in [0.1, 0.15) is 6.54 Å². The number of amides is 1. The first-order valence-electron chi connectivity index (χ1n) is 9.74. The summed E-state index contributed by atoms with van der Waals surface area (Å²) in [6, 6.07) is 0. The summed E-state index contributed by atoms with van der Waals surface area (Å²) in [5.41, 5.74) is 0. The van der Waals surface area contributed by atoms with Crippen LogP contribution in [0, 0.1) is 5.92 Å². The Morgan fingerprint density at radius 3 is 2.67 bits per heavy atom. The van der Waals surface area contributed by atoms with Crippen LogP contribution in [0.3, 0.4) is 0 Å². The van der Waals surface area contributed by atoms with E-state index in [4.69, 9.17) is 0 Å². The maximum Gasteiger partial charge on any atom is 0.243 e. The van der Waals surface area contributed by atoms with E-state index < -0.39 is 0 Å². The molecule has 1 saturated carbocycles. The molecule has 0 saturated heterocycles. The predicted octanol–water partition coefficient (Wildman–Crippen LogP) is 3.07. The van der Waals surface area contributed by atoms with Crippen molar-refractivity contribution < 1.29 is 4.79 Å². The third-order valence-electron chi connectivity index (χ3n) is 4.74. The minimum atomic E-state index is 0. The number of aryl methyl sites for hydroxylation is 1. The molecule has 1 amide bonds. The monoisotopic (exact) mass is 507 g/mol. The molecule has 1 aromatic rings. The fraction of sp³-hybridized carbons (Fsp3) is 0.737. The fourth-order valence-corrected chi connectivity index (χ4v) is 3.87. The zero-order valence-corrected chi connectivity index (χ0v) is 19.9. The van der Waals surface area contributed by atoms with Gasteiger partial charge in [-0.05, 0) is 25.2 Å². The molecule has 0 bridgehead atoms. The van der Waals surface area contributed by atoms with E-state index in [0.717, 1.165) is 36.9 Å². The van der Waals surface area contributed by atoms with Gasteiger partial charge in [-0.3, -0.25) is 4.79 Å². The lowest BCUT2D eigenvalue weighted by Gasteiger charge is -2.23. The normalized spacial score (nSPS) is 15.1. The first-order valence-corrected chi connectivity index (χ1v) is 10.6. The minimum Gasteiger partial charge on any atom is -0.356 e. The van der Waals surface area contributed by atoms with Crippen LogP contribution < -0.4 is 10.6 Å². The van der Waals surface area contributed by atoms with Crippen LogP contribution in [0.2, 0.25) is 0 Å². The summed E-state index contributed by atoms with van der Waals surface area (Å²) in [4.78, 5) is 23.7. The van der Waals surface area contributed by atoms with Crippen LogP contribution in [-0.2, 0) is 17.6 Å². The molecule has 2 N–H and O–H groups in total. The number of aliphatic imine (C=N–C) groups is 1.